The lowest BCUT2D eigenvalue weighted by Crippen LogP contribution is -2.14. The largest absolute Gasteiger partial charge is 0.294 e. The van der Waals surface area contributed by atoms with Crippen LogP contribution in [0.15, 0.2) is 6.20 Å². The van der Waals surface area contributed by atoms with Gasteiger partial charge in [-0.3, -0.25) is 4.79 Å². The van der Waals surface area contributed by atoms with Gasteiger partial charge in [0.05, 0.1) is 11.3 Å². The molecule has 0 fully saturated rings. The molecule has 0 aromatic carbocycles. The average Bonchev–Trinajstić information content (AvgIpc) is 2.38. The summed E-state index contributed by atoms with van der Waals surface area (Å²) in [6, 6.07) is 0. The molecule has 0 bridgehead atoms. The lowest BCUT2D eigenvalue weighted by Gasteiger charge is -2.17. The van der Waals surface area contributed by atoms with Gasteiger partial charge in [-0.05, 0) is 24.7 Å². The summed E-state index contributed by atoms with van der Waals surface area (Å²) in [5, 5.41) is 0. The normalized spacial score (nSPS) is 16.5. The van der Waals surface area contributed by atoms with E-state index in [2.05, 4.69) is 30.7 Å². The van der Waals surface area contributed by atoms with Gasteiger partial charge in [0.25, 0.3) is 0 Å². The SMILES string of the molecule is CC(C)(C)Cc1ncc2c(n1)CCCCC2=O. The highest BCUT2D eigenvalue weighted by Crippen LogP contribution is 2.22. The predicted molar refractivity (Wildman–Crippen MR) is 67.1 cm³/mol. The maximum absolute atomic E-state index is 11.8. The van der Waals surface area contributed by atoms with E-state index in [1.54, 1.807) is 6.20 Å². The first-order chi connectivity index (χ1) is 7.96. The number of rotatable bonds is 1. The second-order valence-corrected chi connectivity index (χ2v) is 6.01. The lowest BCUT2D eigenvalue weighted by atomic mass is 9.92. The van der Waals surface area contributed by atoms with Crippen LogP contribution in [0.1, 0.15) is 61.9 Å². The Bertz CT molecular complexity index is 432. The van der Waals surface area contributed by atoms with Crippen molar-refractivity contribution in [2.24, 2.45) is 5.41 Å². The van der Waals surface area contributed by atoms with E-state index in [0.717, 1.165) is 42.8 Å². The lowest BCUT2D eigenvalue weighted by molar-refractivity contribution is 0.0981. The molecular formula is C14H20N2O. The first-order valence-electron chi connectivity index (χ1n) is 6.34. The van der Waals surface area contributed by atoms with Crippen molar-refractivity contribution in [3.05, 3.63) is 23.3 Å². The molecular weight excluding hydrogens is 212 g/mol. The van der Waals surface area contributed by atoms with Gasteiger partial charge in [-0.15, -0.1) is 0 Å². The van der Waals surface area contributed by atoms with Gasteiger partial charge in [-0.2, -0.15) is 0 Å². The molecule has 0 amide bonds. The van der Waals surface area contributed by atoms with E-state index >= 15 is 0 Å². The van der Waals surface area contributed by atoms with Crippen LogP contribution in [0.4, 0.5) is 0 Å². The summed E-state index contributed by atoms with van der Waals surface area (Å²) in [7, 11) is 0. The van der Waals surface area contributed by atoms with Gasteiger partial charge in [0.15, 0.2) is 5.78 Å². The molecule has 0 atom stereocenters. The highest BCUT2D eigenvalue weighted by molar-refractivity contribution is 5.97. The molecule has 0 saturated carbocycles. The summed E-state index contributed by atoms with van der Waals surface area (Å²) < 4.78 is 0. The Morgan fingerprint density at radius 3 is 2.65 bits per heavy atom. The second-order valence-electron chi connectivity index (χ2n) is 6.01. The Balaban J connectivity index is 2.30. The Morgan fingerprint density at radius 1 is 1.24 bits per heavy atom. The Kier molecular flexibility index (Phi) is 3.27. The number of carbonyl (C=O) groups excluding carboxylic acids is 1. The molecule has 1 aliphatic carbocycles. The summed E-state index contributed by atoms with van der Waals surface area (Å²) in [5.74, 6) is 1.07. The first kappa shape index (κ1) is 12.2. The molecule has 3 nitrogen and oxygen atoms in total. The van der Waals surface area contributed by atoms with Crippen LogP contribution in [0, 0.1) is 5.41 Å². The molecule has 1 aromatic rings. The minimum Gasteiger partial charge on any atom is -0.294 e. The molecule has 1 heterocycles. The quantitative estimate of drug-likeness (QED) is 0.699. The Morgan fingerprint density at radius 2 is 1.94 bits per heavy atom. The van der Waals surface area contributed by atoms with Gasteiger partial charge in [0, 0.05) is 19.0 Å². The van der Waals surface area contributed by atoms with E-state index in [9.17, 15) is 4.79 Å². The molecule has 0 spiro atoms. The van der Waals surface area contributed by atoms with Crippen molar-refractivity contribution in [1.29, 1.82) is 0 Å². The number of aromatic nitrogens is 2. The zero-order chi connectivity index (χ0) is 12.5. The monoisotopic (exact) mass is 232 g/mol. The van der Waals surface area contributed by atoms with Gasteiger partial charge < -0.3 is 0 Å². The summed E-state index contributed by atoms with van der Waals surface area (Å²) in [6.07, 6.45) is 6.19. The van der Waals surface area contributed by atoms with E-state index in [4.69, 9.17) is 0 Å². The van der Waals surface area contributed by atoms with Gasteiger partial charge in [0.1, 0.15) is 5.82 Å². The molecule has 92 valence electrons. The molecule has 0 unspecified atom stereocenters. The van der Waals surface area contributed by atoms with Crippen LogP contribution in [0.25, 0.3) is 0 Å². The first-order valence-corrected chi connectivity index (χ1v) is 6.34. The topological polar surface area (TPSA) is 42.9 Å². The summed E-state index contributed by atoms with van der Waals surface area (Å²) in [6.45, 7) is 6.52. The zero-order valence-electron chi connectivity index (χ0n) is 10.9. The van der Waals surface area contributed by atoms with Crippen molar-refractivity contribution < 1.29 is 4.79 Å². The van der Waals surface area contributed by atoms with Crippen LogP contribution in [-0.2, 0) is 12.8 Å². The van der Waals surface area contributed by atoms with Crippen LogP contribution < -0.4 is 0 Å². The molecule has 0 aliphatic heterocycles. The highest BCUT2D eigenvalue weighted by atomic mass is 16.1. The van der Waals surface area contributed by atoms with Crippen LogP contribution in [-0.4, -0.2) is 15.8 Å². The summed E-state index contributed by atoms with van der Waals surface area (Å²) >= 11 is 0. The van der Waals surface area contributed by atoms with Crippen LogP contribution in [0.5, 0.6) is 0 Å². The number of hydrogen-bond donors (Lipinski definition) is 0. The minimum absolute atomic E-state index is 0.184. The number of aryl methyl sites for hydroxylation is 1. The van der Waals surface area contributed by atoms with Gasteiger partial charge in [0.2, 0.25) is 0 Å². The van der Waals surface area contributed by atoms with Gasteiger partial charge in [-0.25, -0.2) is 9.97 Å². The Labute approximate surface area is 103 Å². The summed E-state index contributed by atoms with van der Waals surface area (Å²) in [4.78, 5) is 20.7. The third kappa shape index (κ3) is 3.11. The molecule has 3 heteroatoms. The van der Waals surface area contributed by atoms with Crippen LogP contribution in [0.2, 0.25) is 0 Å². The number of ketones is 1. The van der Waals surface area contributed by atoms with Gasteiger partial charge >= 0.3 is 0 Å². The number of carbonyl (C=O) groups is 1. The third-order valence-corrected chi connectivity index (χ3v) is 2.97. The van der Waals surface area contributed by atoms with Crippen LogP contribution in [0.3, 0.4) is 0 Å². The van der Waals surface area contributed by atoms with Crippen molar-refractivity contribution in [2.45, 2.75) is 52.9 Å². The molecule has 0 N–H and O–H groups in total. The van der Waals surface area contributed by atoms with Crippen molar-refractivity contribution >= 4 is 5.78 Å². The van der Waals surface area contributed by atoms with E-state index in [-0.39, 0.29) is 11.2 Å². The van der Waals surface area contributed by atoms with Crippen molar-refractivity contribution in [1.82, 2.24) is 9.97 Å². The fourth-order valence-corrected chi connectivity index (χ4v) is 2.15. The predicted octanol–water partition coefficient (Wildman–Crippen LogP) is 2.97. The molecule has 17 heavy (non-hydrogen) atoms. The number of Topliss-reactive ketones (excluding diaryl/α,β-unsaturated/α-hetero) is 1. The average molecular weight is 232 g/mol. The van der Waals surface area contributed by atoms with Gasteiger partial charge in [-0.1, -0.05) is 20.8 Å². The molecule has 0 saturated heterocycles. The fourth-order valence-electron chi connectivity index (χ4n) is 2.15. The van der Waals surface area contributed by atoms with Crippen molar-refractivity contribution in [2.75, 3.05) is 0 Å². The third-order valence-electron chi connectivity index (χ3n) is 2.97. The van der Waals surface area contributed by atoms with Crippen molar-refractivity contribution in [3.8, 4) is 0 Å². The molecule has 1 aliphatic rings. The second kappa shape index (κ2) is 4.55. The highest BCUT2D eigenvalue weighted by Gasteiger charge is 2.19. The minimum atomic E-state index is 0.184. The number of fused-ring (bicyclic) bond motifs is 1. The van der Waals surface area contributed by atoms with E-state index in [0.29, 0.717) is 6.42 Å². The molecule has 1 aromatic heterocycles. The fraction of sp³-hybridized carbons (Fsp3) is 0.643. The smallest absolute Gasteiger partial charge is 0.166 e. The summed E-state index contributed by atoms with van der Waals surface area (Å²) in [5.41, 5.74) is 1.89. The molecule has 0 radical (unpaired) electrons. The Hall–Kier alpha value is -1.25. The standard InChI is InChI=1S/C14H20N2O/c1-14(2,3)8-13-15-9-10-11(16-13)6-4-5-7-12(10)17/h9H,4-8H2,1-3H3. The maximum atomic E-state index is 11.8. The van der Waals surface area contributed by atoms with E-state index < -0.39 is 0 Å². The maximum Gasteiger partial charge on any atom is 0.166 e. The van der Waals surface area contributed by atoms with Crippen LogP contribution >= 0.6 is 0 Å². The van der Waals surface area contributed by atoms with Crippen molar-refractivity contribution in [3.63, 3.8) is 0 Å². The number of hydrogen-bond acceptors (Lipinski definition) is 3. The number of nitrogens with zero attached hydrogens (tertiary/aromatic N) is 2. The zero-order valence-corrected chi connectivity index (χ0v) is 10.9. The van der Waals surface area contributed by atoms with E-state index in [1.165, 1.54) is 0 Å². The molecule has 2 rings (SSSR count). The van der Waals surface area contributed by atoms with E-state index in [1.807, 2.05) is 0 Å².